The van der Waals surface area contributed by atoms with Crippen LogP contribution in [-0.4, -0.2) is 0 Å². The van der Waals surface area contributed by atoms with Gasteiger partial charge in [0, 0.05) is 0 Å². The zero-order valence-electron chi connectivity index (χ0n) is 10.2. The van der Waals surface area contributed by atoms with Crippen molar-refractivity contribution in [1.82, 2.24) is 0 Å². The fourth-order valence-electron chi connectivity index (χ4n) is 2.96. The maximum Gasteiger partial charge on any atom is -0.0321 e. The largest absolute Gasteiger partial charge is 0.0625 e. The molecule has 0 bridgehead atoms. The van der Waals surface area contributed by atoms with Crippen molar-refractivity contribution in [3.63, 3.8) is 0 Å². The van der Waals surface area contributed by atoms with E-state index in [-0.39, 0.29) is 0 Å². The van der Waals surface area contributed by atoms with E-state index in [2.05, 4.69) is 41.5 Å². The highest BCUT2D eigenvalue weighted by Gasteiger charge is 2.44. The minimum atomic E-state index is 0.628. The Hall–Kier alpha value is 0. The lowest BCUT2D eigenvalue weighted by Crippen LogP contribution is -2.43. The first-order chi connectivity index (χ1) is 5.84. The van der Waals surface area contributed by atoms with E-state index in [1.54, 1.807) is 0 Å². The molecule has 0 aromatic heterocycles. The molecule has 1 rings (SSSR count). The number of hydrogen-bond acceptors (Lipinski definition) is 0. The second-order valence-corrected chi connectivity index (χ2v) is 6.23. The third kappa shape index (κ3) is 2.27. The Kier molecular flexibility index (Phi) is 3.09. The quantitative estimate of drug-likeness (QED) is 0.608. The lowest BCUT2D eigenvalue weighted by Gasteiger charge is -2.52. The van der Waals surface area contributed by atoms with Gasteiger partial charge in [0.25, 0.3) is 0 Å². The van der Waals surface area contributed by atoms with Crippen LogP contribution >= 0.6 is 0 Å². The van der Waals surface area contributed by atoms with Crippen LogP contribution in [0.1, 0.15) is 54.4 Å². The van der Waals surface area contributed by atoms with Crippen molar-refractivity contribution in [2.75, 3.05) is 0 Å². The Labute approximate surface area is 84.1 Å². The van der Waals surface area contributed by atoms with Crippen LogP contribution in [0.15, 0.2) is 0 Å². The molecule has 1 fully saturated rings. The van der Waals surface area contributed by atoms with Gasteiger partial charge in [-0.1, -0.05) is 41.5 Å². The Bertz CT molecular complexity index is 167. The number of hydrogen-bond donors (Lipinski definition) is 0. The SMILES string of the molecule is CC(C)C(C)CC1C(C)CC1(C)C. The summed E-state index contributed by atoms with van der Waals surface area (Å²) in [6.45, 7) is 14.4. The molecule has 0 N–H and O–H groups in total. The van der Waals surface area contributed by atoms with Gasteiger partial charge in [0.05, 0.1) is 0 Å². The molecule has 0 heteroatoms. The zero-order valence-corrected chi connectivity index (χ0v) is 10.2. The van der Waals surface area contributed by atoms with Crippen molar-refractivity contribution in [2.24, 2.45) is 29.1 Å². The summed E-state index contributed by atoms with van der Waals surface area (Å²) in [5.74, 6) is 3.69. The van der Waals surface area contributed by atoms with Crippen molar-refractivity contribution in [3.8, 4) is 0 Å². The Balaban J connectivity index is 2.44. The molecule has 0 aromatic carbocycles. The first kappa shape index (κ1) is 11.1. The van der Waals surface area contributed by atoms with Gasteiger partial charge in [0.1, 0.15) is 0 Å². The normalized spacial score (nSPS) is 34.4. The van der Waals surface area contributed by atoms with Crippen molar-refractivity contribution in [1.29, 1.82) is 0 Å². The molecule has 1 aliphatic carbocycles. The molecule has 0 nitrogen and oxygen atoms in total. The summed E-state index contributed by atoms with van der Waals surface area (Å²) in [6, 6.07) is 0. The smallest absolute Gasteiger partial charge is 0.0321 e. The van der Waals surface area contributed by atoms with E-state index in [0.717, 1.165) is 23.7 Å². The predicted octanol–water partition coefficient (Wildman–Crippen LogP) is 4.35. The predicted molar refractivity (Wildman–Crippen MR) is 59.7 cm³/mol. The van der Waals surface area contributed by atoms with Gasteiger partial charge in [0.2, 0.25) is 0 Å². The van der Waals surface area contributed by atoms with Crippen LogP contribution in [0.4, 0.5) is 0 Å². The van der Waals surface area contributed by atoms with Crippen LogP contribution in [0, 0.1) is 29.1 Å². The van der Waals surface area contributed by atoms with Crippen LogP contribution in [0.3, 0.4) is 0 Å². The van der Waals surface area contributed by atoms with Crippen molar-refractivity contribution in [2.45, 2.75) is 54.4 Å². The van der Waals surface area contributed by atoms with Crippen molar-refractivity contribution >= 4 is 0 Å². The third-order valence-electron chi connectivity index (χ3n) is 4.30. The van der Waals surface area contributed by atoms with Gasteiger partial charge in [-0.15, -0.1) is 0 Å². The Morgan fingerprint density at radius 1 is 1.23 bits per heavy atom. The Morgan fingerprint density at radius 3 is 2.08 bits per heavy atom. The standard InChI is InChI=1S/C13H26/c1-9(2)10(3)7-12-11(4)8-13(12,5)6/h9-12H,7-8H2,1-6H3. The molecular weight excluding hydrogens is 156 g/mol. The molecule has 0 radical (unpaired) electrons. The highest BCUT2D eigenvalue weighted by atomic mass is 14.5. The lowest BCUT2D eigenvalue weighted by atomic mass is 9.54. The van der Waals surface area contributed by atoms with E-state index >= 15 is 0 Å². The van der Waals surface area contributed by atoms with E-state index in [1.807, 2.05) is 0 Å². The zero-order chi connectivity index (χ0) is 10.2. The van der Waals surface area contributed by atoms with E-state index < -0.39 is 0 Å². The Morgan fingerprint density at radius 2 is 1.77 bits per heavy atom. The molecule has 3 atom stereocenters. The van der Waals surface area contributed by atoms with Gasteiger partial charge in [-0.2, -0.15) is 0 Å². The molecular formula is C13H26. The fraction of sp³-hybridized carbons (Fsp3) is 1.00. The van der Waals surface area contributed by atoms with Crippen LogP contribution in [0.5, 0.6) is 0 Å². The summed E-state index contributed by atoms with van der Waals surface area (Å²) < 4.78 is 0. The van der Waals surface area contributed by atoms with Gasteiger partial charge in [-0.3, -0.25) is 0 Å². The van der Waals surface area contributed by atoms with Gasteiger partial charge in [0.15, 0.2) is 0 Å². The minimum absolute atomic E-state index is 0.628. The first-order valence-electron chi connectivity index (χ1n) is 5.84. The topological polar surface area (TPSA) is 0 Å². The van der Waals surface area contributed by atoms with Gasteiger partial charge in [-0.25, -0.2) is 0 Å². The summed E-state index contributed by atoms with van der Waals surface area (Å²) in [6.07, 6.45) is 2.87. The second-order valence-electron chi connectivity index (χ2n) is 6.23. The summed E-state index contributed by atoms with van der Waals surface area (Å²) in [7, 11) is 0. The van der Waals surface area contributed by atoms with Crippen LogP contribution in [0.25, 0.3) is 0 Å². The molecule has 0 aromatic rings. The molecule has 0 aliphatic heterocycles. The van der Waals surface area contributed by atoms with Crippen LogP contribution in [0.2, 0.25) is 0 Å². The van der Waals surface area contributed by atoms with E-state index in [0.29, 0.717) is 5.41 Å². The maximum atomic E-state index is 2.44. The van der Waals surface area contributed by atoms with Gasteiger partial charge in [-0.05, 0) is 41.9 Å². The fourth-order valence-corrected chi connectivity index (χ4v) is 2.96. The summed E-state index contributed by atoms with van der Waals surface area (Å²) in [5, 5.41) is 0. The molecule has 3 unspecified atom stereocenters. The third-order valence-corrected chi connectivity index (χ3v) is 4.30. The molecule has 0 amide bonds. The van der Waals surface area contributed by atoms with Crippen LogP contribution in [-0.2, 0) is 0 Å². The lowest BCUT2D eigenvalue weighted by molar-refractivity contribution is -0.0199. The molecule has 13 heavy (non-hydrogen) atoms. The molecule has 78 valence electrons. The summed E-state index contributed by atoms with van der Waals surface area (Å²) >= 11 is 0. The number of rotatable bonds is 3. The highest BCUT2D eigenvalue weighted by Crippen LogP contribution is 2.53. The molecule has 0 spiro atoms. The van der Waals surface area contributed by atoms with Crippen LogP contribution < -0.4 is 0 Å². The van der Waals surface area contributed by atoms with E-state index in [4.69, 9.17) is 0 Å². The average Bonchev–Trinajstić information content (AvgIpc) is 1.98. The highest BCUT2D eigenvalue weighted by molar-refractivity contribution is 4.94. The second kappa shape index (κ2) is 3.63. The van der Waals surface area contributed by atoms with Gasteiger partial charge >= 0.3 is 0 Å². The van der Waals surface area contributed by atoms with E-state index in [9.17, 15) is 0 Å². The molecule has 1 aliphatic rings. The molecule has 1 saturated carbocycles. The van der Waals surface area contributed by atoms with Gasteiger partial charge < -0.3 is 0 Å². The summed E-state index contributed by atoms with van der Waals surface area (Å²) in [4.78, 5) is 0. The van der Waals surface area contributed by atoms with Crippen molar-refractivity contribution < 1.29 is 0 Å². The summed E-state index contributed by atoms with van der Waals surface area (Å²) in [5.41, 5.74) is 0.628. The van der Waals surface area contributed by atoms with Crippen molar-refractivity contribution in [3.05, 3.63) is 0 Å². The molecule has 0 heterocycles. The minimum Gasteiger partial charge on any atom is -0.0625 e. The van der Waals surface area contributed by atoms with E-state index in [1.165, 1.54) is 12.8 Å². The first-order valence-corrected chi connectivity index (χ1v) is 5.84. The average molecular weight is 182 g/mol. The maximum absolute atomic E-state index is 2.44. The monoisotopic (exact) mass is 182 g/mol. The molecule has 0 saturated heterocycles.